The van der Waals surface area contributed by atoms with Gasteiger partial charge in [-0.2, -0.15) is 0 Å². The van der Waals surface area contributed by atoms with Crippen molar-refractivity contribution in [2.75, 3.05) is 13.2 Å². The number of benzene rings is 2. The Kier molecular flexibility index (Phi) is 5.56. The van der Waals surface area contributed by atoms with Gasteiger partial charge in [-0.05, 0) is 62.1 Å². The number of fused-ring (bicyclic) bond motifs is 1. The van der Waals surface area contributed by atoms with Crippen molar-refractivity contribution in [3.05, 3.63) is 59.4 Å². The summed E-state index contributed by atoms with van der Waals surface area (Å²) in [5.74, 6) is 2.08. The van der Waals surface area contributed by atoms with E-state index in [1.807, 2.05) is 36.1 Å². The lowest BCUT2D eigenvalue weighted by Crippen LogP contribution is -2.31. The third-order valence-corrected chi connectivity index (χ3v) is 5.92. The Bertz CT molecular complexity index is 1020. The van der Waals surface area contributed by atoms with Gasteiger partial charge in [-0.15, -0.1) is 0 Å². The van der Waals surface area contributed by atoms with Gasteiger partial charge in [-0.1, -0.05) is 25.1 Å². The Hall–Kier alpha value is -2.82. The number of amides is 1. The Morgan fingerprint density at radius 2 is 2.00 bits per heavy atom. The predicted octanol–water partition coefficient (Wildman–Crippen LogP) is 4.81. The van der Waals surface area contributed by atoms with E-state index in [1.54, 1.807) is 0 Å². The summed E-state index contributed by atoms with van der Waals surface area (Å²) in [6.45, 7) is 8.21. The maximum absolute atomic E-state index is 12.4. The maximum Gasteiger partial charge on any atom is 0.222 e. The summed E-state index contributed by atoms with van der Waals surface area (Å²) in [5, 5.41) is 0. The molecule has 3 aromatic rings. The number of hydrogen-bond donors (Lipinski definition) is 0. The van der Waals surface area contributed by atoms with E-state index in [4.69, 9.17) is 9.72 Å². The minimum Gasteiger partial charge on any atom is -0.492 e. The van der Waals surface area contributed by atoms with Crippen molar-refractivity contribution in [2.45, 2.75) is 52.6 Å². The van der Waals surface area contributed by atoms with Crippen molar-refractivity contribution in [3.8, 4) is 5.75 Å². The number of aromatic nitrogens is 2. The van der Waals surface area contributed by atoms with E-state index < -0.39 is 0 Å². The average Bonchev–Trinajstić information content (AvgIpc) is 3.35. The molecule has 29 heavy (non-hydrogen) atoms. The maximum atomic E-state index is 12.4. The number of hydrogen-bond acceptors (Lipinski definition) is 3. The van der Waals surface area contributed by atoms with Gasteiger partial charge in [-0.3, -0.25) is 4.79 Å². The first kappa shape index (κ1) is 19.5. The molecule has 4 rings (SSSR count). The Morgan fingerprint density at radius 1 is 1.17 bits per heavy atom. The second-order valence-electron chi connectivity index (χ2n) is 7.80. The van der Waals surface area contributed by atoms with Crippen LogP contribution in [-0.4, -0.2) is 33.5 Å². The number of ether oxygens (including phenoxy) is 1. The van der Waals surface area contributed by atoms with Crippen molar-refractivity contribution < 1.29 is 9.53 Å². The van der Waals surface area contributed by atoms with Crippen LogP contribution in [0.2, 0.25) is 0 Å². The van der Waals surface area contributed by atoms with Gasteiger partial charge in [0.05, 0.1) is 23.6 Å². The molecular formula is C24H29N3O2. The normalized spacial score (nSPS) is 16.5. The van der Waals surface area contributed by atoms with E-state index in [0.29, 0.717) is 19.6 Å². The topological polar surface area (TPSA) is 47.4 Å². The van der Waals surface area contributed by atoms with Crippen LogP contribution in [0, 0.1) is 13.8 Å². The standard InChI is InChI=1S/C24H29N3O2/c1-4-23(28)26-13-7-10-22(26)24-25-20-8-5-6-9-21(20)27(24)14-15-29-19-12-11-17(2)18(3)16-19/h5-6,8-9,11-12,16,22H,4,7,10,13-15H2,1-3H3/t22-/m1/s1. The van der Waals surface area contributed by atoms with E-state index in [0.717, 1.165) is 42.0 Å². The largest absolute Gasteiger partial charge is 0.492 e. The van der Waals surface area contributed by atoms with Crippen LogP contribution in [0.4, 0.5) is 0 Å². The van der Waals surface area contributed by atoms with Crippen LogP contribution in [0.5, 0.6) is 5.75 Å². The highest BCUT2D eigenvalue weighted by atomic mass is 16.5. The van der Waals surface area contributed by atoms with Crippen molar-refractivity contribution in [3.63, 3.8) is 0 Å². The number of imidazole rings is 1. The molecule has 0 spiro atoms. The summed E-state index contributed by atoms with van der Waals surface area (Å²) in [6, 6.07) is 14.4. The van der Waals surface area contributed by atoms with Crippen molar-refractivity contribution in [1.29, 1.82) is 0 Å². The van der Waals surface area contributed by atoms with Crippen LogP contribution < -0.4 is 4.74 Å². The molecule has 5 nitrogen and oxygen atoms in total. The third kappa shape index (κ3) is 3.86. The van der Waals surface area contributed by atoms with Crippen LogP contribution in [0.1, 0.15) is 49.2 Å². The summed E-state index contributed by atoms with van der Waals surface area (Å²) < 4.78 is 8.29. The van der Waals surface area contributed by atoms with E-state index in [1.165, 1.54) is 11.1 Å². The minimum absolute atomic E-state index is 0.0523. The Labute approximate surface area is 172 Å². The van der Waals surface area contributed by atoms with Gasteiger partial charge in [0.15, 0.2) is 0 Å². The molecule has 5 heteroatoms. The first-order valence-electron chi connectivity index (χ1n) is 10.5. The van der Waals surface area contributed by atoms with Crippen LogP contribution >= 0.6 is 0 Å². The molecule has 2 aromatic carbocycles. The van der Waals surface area contributed by atoms with E-state index in [-0.39, 0.29) is 11.9 Å². The van der Waals surface area contributed by atoms with Gasteiger partial charge < -0.3 is 14.2 Å². The Balaban J connectivity index is 1.60. The SMILES string of the molecule is CCC(=O)N1CCC[C@@H]1c1nc2ccccc2n1CCOc1ccc(C)c(C)c1. The van der Waals surface area contributed by atoms with Crippen LogP contribution in [-0.2, 0) is 11.3 Å². The molecular weight excluding hydrogens is 362 g/mol. The molecule has 152 valence electrons. The molecule has 0 aliphatic carbocycles. The number of carbonyl (C=O) groups excluding carboxylic acids is 1. The monoisotopic (exact) mass is 391 g/mol. The fourth-order valence-corrected chi connectivity index (χ4v) is 4.18. The van der Waals surface area contributed by atoms with Crippen LogP contribution in [0.25, 0.3) is 11.0 Å². The summed E-state index contributed by atoms with van der Waals surface area (Å²) in [7, 11) is 0. The van der Waals surface area contributed by atoms with Gasteiger partial charge in [0.25, 0.3) is 0 Å². The molecule has 1 atom stereocenters. The molecule has 1 aliphatic heterocycles. The van der Waals surface area contributed by atoms with Gasteiger partial charge >= 0.3 is 0 Å². The summed E-state index contributed by atoms with van der Waals surface area (Å²) in [5.41, 5.74) is 4.57. The molecule has 0 bridgehead atoms. The quantitative estimate of drug-likeness (QED) is 0.606. The number of nitrogens with zero attached hydrogens (tertiary/aromatic N) is 3. The third-order valence-electron chi connectivity index (χ3n) is 5.92. The molecule has 0 N–H and O–H groups in total. The molecule has 2 heterocycles. The first-order valence-corrected chi connectivity index (χ1v) is 10.5. The lowest BCUT2D eigenvalue weighted by atomic mass is 10.1. The number of aryl methyl sites for hydroxylation is 2. The highest BCUT2D eigenvalue weighted by molar-refractivity contribution is 5.78. The fraction of sp³-hybridized carbons (Fsp3) is 0.417. The summed E-state index contributed by atoms with van der Waals surface area (Å²) >= 11 is 0. The second-order valence-corrected chi connectivity index (χ2v) is 7.80. The average molecular weight is 392 g/mol. The second kappa shape index (κ2) is 8.27. The van der Waals surface area contributed by atoms with E-state index in [9.17, 15) is 4.79 Å². The molecule has 0 saturated carbocycles. The van der Waals surface area contributed by atoms with Crippen LogP contribution in [0.3, 0.4) is 0 Å². The van der Waals surface area contributed by atoms with E-state index >= 15 is 0 Å². The highest BCUT2D eigenvalue weighted by Gasteiger charge is 2.32. The lowest BCUT2D eigenvalue weighted by molar-refractivity contribution is -0.131. The molecule has 0 unspecified atom stereocenters. The number of likely N-dealkylation sites (tertiary alicyclic amines) is 1. The molecule has 1 amide bonds. The molecule has 1 fully saturated rings. The number of rotatable bonds is 6. The molecule has 0 radical (unpaired) electrons. The van der Waals surface area contributed by atoms with Gasteiger partial charge in [0, 0.05) is 13.0 Å². The van der Waals surface area contributed by atoms with Crippen molar-refractivity contribution in [2.24, 2.45) is 0 Å². The summed E-state index contributed by atoms with van der Waals surface area (Å²) in [4.78, 5) is 19.4. The number of para-hydroxylation sites is 2. The molecule has 1 saturated heterocycles. The fourth-order valence-electron chi connectivity index (χ4n) is 4.18. The molecule has 1 aromatic heterocycles. The predicted molar refractivity (Wildman–Crippen MR) is 115 cm³/mol. The highest BCUT2D eigenvalue weighted by Crippen LogP contribution is 2.34. The zero-order valence-corrected chi connectivity index (χ0v) is 17.5. The van der Waals surface area contributed by atoms with Crippen LogP contribution in [0.15, 0.2) is 42.5 Å². The minimum atomic E-state index is 0.0523. The van der Waals surface area contributed by atoms with Crippen molar-refractivity contribution in [1.82, 2.24) is 14.5 Å². The zero-order chi connectivity index (χ0) is 20.4. The lowest BCUT2D eigenvalue weighted by Gasteiger charge is -2.25. The Morgan fingerprint density at radius 3 is 2.79 bits per heavy atom. The van der Waals surface area contributed by atoms with Gasteiger partial charge in [0.1, 0.15) is 18.2 Å². The smallest absolute Gasteiger partial charge is 0.222 e. The van der Waals surface area contributed by atoms with E-state index in [2.05, 4.69) is 36.6 Å². The van der Waals surface area contributed by atoms with Gasteiger partial charge in [0.2, 0.25) is 5.91 Å². The summed E-state index contributed by atoms with van der Waals surface area (Å²) in [6.07, 6.45) is 2.53. The number of carbonyl (C=O) groups is 1. The first-order chi connectivity index (χ1) is 14.1. The zero-order valence-electron chi connectivity index (χ0n) is 17.5. The van der Waals surface area contributed by atoms with Crippen molar-refractivity contribution >= 4 is 16.9 Å². The molecule has 1 aliphatic rings. The van der Waals surface area contributed by atoms with Gasteiger partial charge in [-0.25, -0.2) is 4.98 Å².